The largest absolute Gasteiger partial charge is 0.494 e. The van der Waals surface area contributed by atoms with Crippen LogP contribution in [0.4, 0.5) is 5.82 Å². The quantitative estimate of drug-likeness (QED) is 0.412. The van der Waals surface area contributed by atoms with E-state index in [9.17, 15) is 13.2 Å². The Morgan fingerprint density at radius 3 is 2.21 bits per heavy atom. The summed E-state index contributed by atoms with van der Waals surface area (Å²) in [6.45, 7) is 2.29. The number of aromatic nitrogens is 2. The third-order valence-electron chi connectivity index (χ3n) is 4.77. The molecular weight excluding hydrogens is 442 g/mol. The van der Waals surface area contributed by atoms with Crippen LogP contribution in [0.5, 0.6) is 11.6 Å². The summed E-state index contributed by atoms with van der Waals surface area (Å²) in [6.07, 6.45) is 0. The van der Waals surface area contributed by atoms with Crippen molar-refractivity contribution in [2.45, 2.75) is 11.8 Å². The second kappa shape index (κ2) is 9.17. The fourth-order valence-corrected chi connectivity index (χ4v) is 4.36. The minimum atomic E-state index is -4.08. The van der Waals surface area contributed by atoms with Crippen molar-refractivity contribution in [1.29, 1.82) is 0 Å². The zero-order valence-corrected chi connectivity index (χ0v) is 18.5. The van der Waals surface area contributed by atoms with E-state index in [1.165, 1.54) is 30.3 Å². The monoisotopic (exact) mass is 463 g/mol. The maximum absolute atomic E-state index is 12.9. The number of benzene rings is 3. The average molecular weight is 464 g/mol. The van der Waals surface area contributed by atoms with Gasteiger partial charge in [0.15, 0.2) is 0 Å². The molecule has 0 fully saturated rings. The molecule has 8 nitrogen and oxygen atoms in total. The van der Waals surface area contributed by atoms with E-state index in [1.54, 1.807) is 24.3 Å². The van der Waals surface area contributed by atoms with Gasteiger partial charge in [-0.25, -0.2) is 4.79 Å². The van der Waals surface area contributed by atoms with Crippen LogP contribution in [0.15, 0.2) is 89.8 Å². The highest BCUT2D eigenvalue weighted by atomic mass is 32.2. The SMILES string of the molecule is CCOc1ccc(S(=O)(=O)n2nc(OC(=O)c3ccc(-c4ccccc4)cc3)cc2N)cc1. The Balaban J connectivity index is 1.51. The van der Waals surface area contributed by atoms with Gasteiger partial charge in [-0.05, 0) is 54.4 Å². The molecule has 4 aromatic rings. The van der Waals surface area contributed by atoms with Crippen molar-refractivity contribution in [3.63, 3.8) is 0 Å². The van der Waals surface area contributed by atoms with Gasteiger partial charge in [0.05, 0.1) is 17.1 Å². The third kappa shape index (κ3) is 4.73. The fraction of sp³-hybridized carbons (Fsp3) is 0.0833. The number of anilines is 1. The summed E-state index contributed by atoms with van der Waals surface area (Å²) < 4.78 is 37.0. The summed E-state index contributed by atoms with van der Waals surface area (Å²) in [6, 6.07) is 23.6. The standard InChI is InChI=1S/C24H21N3O5S/c1-2-31-20-12-14-21(15-13-20)33(29,30)27-22(25)16-23(26-27)32-24(28)19-10-8-18(9-11-19)17-6-4-3-5-7-17/h3-16H,2,25H2,1H3. The lowest BCUT2D eigenvalue weighted by Crippen LogP contribution is -2.17. The van der Waals surface area contributed by atoms with Gasteiger partial charge in [-0.1, -0.05) is 42.5 Å². The van der Waals surface area contributed by atoms with Crippen molar-refractivity contribution >= 4 is 21.8 Å². The Morgan fingerprint density at radius 2 is 1.58 bits per heavy atom. The van der Waals surface area contributed by atoms with Crippen molar-refractivity contribution in [2.75, 3.05) is 12.3 Å². The number of nitrogens with two attached hydrogens (primary N) is 1. The summed E-state index contributed by atoms with van der Waals surface area (Å²) in [4.78, 5) is 12.5. The molecule has 168 valence electrons. The molecule has 0 spiro atoms. The molecule has 0 amide bonds. The molecule has 0 aliphatic carbocycles. The van der Waals surface area contributed by atoms with E-state index in [4.69, 9.17) is 15.2 Å². The van der Waals surface area contributed by atoms with Gasteiger partial charge in [0.25, 0.3) is 10.0 Å². The second-order valence-corrected chi connectivity index (χ2v) is 8.76. The number of ether oxygens (including phenoxy) is 2. The highest BCUT2D eigenvalue weighted by Gasteiger charge is 2.23. The van der Waals surface area contributed by atoms with Gasteiger partial charge >= 0.3 is 5.97 Å². The molecule has 9 heteroatoms. The number of nitrogen functional groups attached to an aromatic ring is 1. The topological polar surface area (TPSA) is 114 Å². The predicted octanol–water partition coefficient (Wildman–Crippen LogP) is 3.99. The van der Waals surface area contributed by atoms with Crippen molar-refractivity contribution in [1.82, 2.24) is 9.19 Å². The molecule has 0 unspecified atom stereocenters. The van der Waals surface area contributed by atoms with Crippen LogP contribution < -0.4 is 15.2 Å². The summed E-state index contributed by atoms with van der Waals surface area (Å²) in [5, 5.41) is 3.88. The molecule has 33 heavy (non-hydrogen) atoms. The van der Waals surface area contributed by atoms with E-state index < -0.39 is 16.0 Å². The number of nitrogens with zero attached hydrogens (tertiary/aromatic N) is 2. The van der Waals surface area contributed by atoms with E-state index in [0.717, 1.165) is 11.1 Å². The van der Waals surface area contributed by atoms with Gasteiger partial charge in [-0.3, -0.25) is 0 Å². The van der Waals surface area contributed by atoms with Crippen LogP contribution in [0.25, 0.3) is 11.1 Å². The highest BCUT2D eigenvalue weighted by Crippen LogP contribution is 2.24. The molecular formula is C24H21N3O5S. The van der Waals surface area contributed by atoms with Crippen LogP contribution in [0.1, 0.15) is 17.3 Å². The van der Waals surface area contributed by atoms with Gasteiger partial charge in [0.2, 0.25) is 5.88 Å². The molecule has 0 aliphatic heterocycles. The minimum Gasteiger partial charge on any atom is -0.494 e. The molecule has 0 saturated carbocycles. The predicted molar refractivity (Wildman–Crippen MR) is 124 cm³/mol. The molecule has 1 aromatic heterocycles. The van der Waals surface area contributed by atoms with Crippen molar-refractivity contribution < 1.29 is 22.7 Å². The smallest absolute Gasteiger partial charge is 0.344 e. The van der Waals surface area contributed by atoms with Gasteiger partial charge < -0.3 is 15.2 Å². The molecule has 2 N–H and O–H groups in total. The number of carbonyl (C=O) groups is 1. The van der Waals surface area contributed by atoms with Crippen LogP contribution in [0.2, 0.25) is 0 Å². The molecule has 0 aliphatic rings. The Morgan fingerprint density at radius 1 is 0.939 bits per heavy atom. The number of esters is 1. The van der Waals surface area contributed by atoms with Crippen LogP contribution in [-0.2, 0) is 10.0 Å². The third-order valence-corrected chi connectivity index (χ3v) is 6.38. The highest BCUT2D eigenvalue weighted by molar-refractivity contribution is 7.90. The Bertz CT molecular complexity index is 1360. The second-order valence-electron chi connectivity index (χ2n) is 6.99. The summed E-state index contributed by atoms with van der Waals surface area (Å²) in [5.74, 6) is -0.555. The van der Waals surface area contributed by atoms with Crippen LogP contribution in [0.3, 0.4) is 0 Å². The summed E-state index contributed by atoms with van der Waals surface area (Å²) in [5.41, 5.74) is 8.10. The molecule has 4 rings (SSSR count). The van der Waals surface area contributed by atoms with E-state index in [2.05, 4.69) is 5.10 Å². The van der Waals surface area contributed by atoms with Gasteiger partial charge in [-0.15, -0.1) is 9.19 Å². The number of hydrogen-bond donors (Lipinski definition) is 1. The molecule has 0 bridgehead atoms. The number of carbonyl (C=O) groups excluding carboxylic acids is 1. The van der Waals surface area contributed by atoms with E-state index in [-0.39, 0.29) is 22.2 Å². The Hall–Kier alpha value is -4.11. The first kappa shape index (κ1) is 22.1. The van der Waals surface area contributed by atoms with Crippen LogP contribution in [0, 0.1) is 0 Å². The molecule has 3 aromatic carbocycles. The molecule has 0 atom stereocenters. The number of rotatable bonds is 7. The minimum absolute atomic E-state index is 0.0323. The first-order chi connectivity index (χ1) is 15.9. The summed E-state index contributed by atoms with van der Waals surface area (Å²) >= 11 is 0. The van der Waals surface area contributed by atoms with E-state index in [0.29, 0.717) is 16.4 Å². The van der Waals surface area contributed by atoms with E-state index >= 15 is 0 Å². The number of hydrogen-bond acceptors (Lipinski definition) is 7. The maximum atomic E-state index is 12.9. The van der Waals surface area contributed by atoms with Crippen molar-refractivity contribution in [2.24, 2.45) is 0 Å². The van der Waals surface area contributed by atoms with Gasteiger partial charge in [-0.2, -0.15) is 8.42 Å². The van der Waals surface area contributed by atoms with Gasteiger partial charge in [0, 0.05) is 6.07 Å². The lowest BCUT2D eigenvalue weighted by molar-refractivity contribution is 0.0727. The molecule has 0 saturated heterocycles. The Labute approximate surface area is 191 Å². The van der Waals surface area contributed by atoms with Crippen molar-refractivity contribution in [3.8, 4) is 22.8 Å². The van der Waals surface area contributed by atoms with E-state index in [1.807, 2.05) is 37.3 Å². The lowest BCUT2D eigenvalue weighted by Gasteiger charge is -2.07. The van der Waals surface area contributed by atoms with Crippen molar-refractivity contribution in [3.05, 3.63) is 90.5 Å². The lowest BCUT2D eigenvalue weighted by atomic mass is 10.0. The Kier molecular flexibility index (Phi) is 6.14. The molecule has 0 radical (unpaired) electrons. The van der Waals surface area contributed by atoms with Crippen LogP contribution in [-0.4, -0.2) is 30.2 Å². The first-order valence-corrected chi connectivity index (χ1v) is 11.5. The average Bonchev–Trinajstić information content (AvgIpc) is 3.21. The van der Waals surface area contributed by atoms with Crippen LogP contribution >= 0.6 is 0 Å². The zero-order chi connectivity index (χ0) is 23.4. The van der Waals surface area contributed by atoms with Gasteiger partial charge in [0.1, 0.15) is 11.6 Å². The summed E-state index contributed by atoms with van der Waals surface area (Å²) in [7, 11) is -4.08. The normalized spacial score (nSPS) is 11.2. The fourth-order valence-electron chi connectivity index (χ4n) is 3.16. The first-order valence-electron chi connectivity index (χ1n) is 10.1. The maximum Gasteiger partial charge on any atom is 0.344 e. The molecule has 1 heterocycles. The zero-order valence-electron chi connectivity index (χ0n) is 17.7.